The van der Waals surface area contributed by atoms with E-state index in [1.165, 1.54) is 17.0 Å². The SMILES string of the molecule is CNCC(=O)N(C)c1cc(F)c(C)cc1Cl. The molecule has 0 aliphatic heterocycles. The Morgan fingerprint density at radius 2 is 2.19 bits per heavy atom. The van der Waals surface area contributed by atoms with Gasteiger partial charge in [-0.25, -0.2) is 4.39 Å². The van der Waals surface area contributed by atoms with E-state index in [2.05, 4.69) is 5.32 Å². The van der Waals surface area contributed by atoms with E-state index in [4.69, 9.17) is 11.6 Å². The number of benzene rings is 1. The number of anilines is 1. The molecule has 88 valence electrons. The summed E-state index contributed by atoms with van der Waals surface area (Å²) in [5.74, 6) is -0.545. The highest BCUT2D eigenvalue weighted by atomic mass is 35.5. The van der Waals surface area contributed by atoms with E-state index in [9.17, 15) is 9.18 Å². The van der Waals surface area contributed by atoms with Crippen LogP contribution in [0.3, 0.4) is 0 Å². The second kappa shape index (κ2) is 5.27. The number of hydrogen-bond donors (Lipinski definition) is 1. The maximum Gasteiger partial charge on any atom is 0.240 e. The van der Waals surface area contributed by atoms with Crippen LogP contribution in [-0.2, 0) is 4.79 Å². The lowest BCUT2D eigenvalue weighted by atomic mass is 10.2. The highest BCUT2D eigenvalue weighted by molar-refractivity contribution is 6.33. The number of halogens is 2. The number of aryl methyl sites for hydroxylation is 1. The van der Waals surface area contributed by atoms with Crippen molar-refractivity contribution in [1.29, 1.82) is 0 Å². The number of nitrogens with one attached hydrogen (secondary N) is 1. The van der Waals surface area contributed by atoms with Crippen molar-refractivity contribution < 1.29 is 9.18 Å². The van der Waals surface area contributed by atoms with E-state index in [1.54, 1.807) is 21.0 Å². The Bertz CT molecular complexity index is 409. The summed E-state index contributed by atoms with van der Waals surface area (Å²) in [5, 5.41) is 3.10. The molecule has 0 aromatic heterocycles. The normalized spacial score (nSPS) is 10.3. The molecule has 16 heavy (non-hydrogen) atoms. The topological polar surface area (TPSA) is 32.3 Å². The van der Waals surface area contributed by atoms with Gasteiger partial charge in [0.15, 0.2) is 0 Å². The van der Waals surface area contributed by atoms with E-state index in [1.807, 2.05) is 0 Å². The van der Waals surface area contributed by atoms with Crippen LogP contribution in [0.4, 0.5) is 10.1 Å². The fourth-order valence-corrected chi connectivity index (χ4v) is 1.64. The van der Waals surface area contributed by atoms with Gasteiger partial charge in [0.2, 0.25) is 5.91 Å². The van der Waals surface area contributed by atoms with Crippen molar-refractivity contribution in [3.05, 3.63) is 28.5 Å². The number of carbonyl (C=O) groups is 1. The van der Waals surface area contributed by atoms with Gasteiger partial charge in [0.25, 0.3) is 0 Å². The molecule has 0 fully saturated rings. The van der Waals surface area contributed by atoms with Gasteiger partial charge in [-0.05, 0) is 31.7 Å². The van der Waals surface area contributed by atoms with Crippen LogP contribution in [-0.4, -0.2) is 26.5 Å². The van der Waals surface area contributed by atoms with Crippen LogP contribution in [0, 0.1) is 12.7 Å². The number of hydrogen-bond acceptors (Lipinski definition) is 2. The molecule has 0 aliphatic carbocycles. The number of carbonyl (C=O) groups excluding carboxylic acids is 1. The van der Waals surface area contributed by atoms with Crippen LogP contribution >= 0.6 is 11.6 Å². The molecule has 1 aromatic carbocycles. The first-order valence-electron chi connectivity index (χ1n) is 4.84. The van der Waals surface area contributed by atoms with Crippen molar-refractivity contribution in [3.8, 4) is 0 Å². The van der Waals surface area contributed by atoms with Gasteiger partial charge < -0.3 is 10.2 Å². The lowest BCUT2D eigenvalue weighted by Crippen LogP contribution is -2.34. The fourth-order valence-electron chi connectivity index (χ4n) is 1.30. The van der Waals surface area contributed by atoms with Gasteiger partial charge in [0.1, 0.15) is 5.82 Å². The molecule has 1 N–H and O–H groups in total. The van der Waals surface area contributed by atoms with Crippen LogP contribution < -0.4 is 10.2 Å². The summed E-state index contributed by atoms with van der Waals surface area (Å²) in [6.07, 6.45) is 0. The van der Waals surface area contributed by atoms with Crippen molar-refractivity contribution in [3.63, 3.8) is 0 Å². The highest BCUT2D eigenvalue weighted by Crippen LogP contribution is 2.27. The van der Waals surface area contributed by atoms with Crippen molar-refractivity contribution in [2.24, 2.45) is 0 Å². The molecular weight excluding hydrogens is 231 g/mol. The molecule has 0 saturated carbocycles. The van der Waals surface area contributed by atoms with E-state index in [-0.39, 0.29) is 18.3 Å². The third-order valence-electron chi connectivity index (χ3n) is 2.29. The smallest absolute Gasteiger partial charge is 0.240 e. The summed E-state index contributed by atoms with van der Waals surface area (Å²) in [6, 6.07) is 2.78. The molecule has 0 saturated heterocycles. The summed E-state index contributed by atoms with van der Waals surface area (Å²) >= 11 is 5.96. The average molecular weight is 245 g/mol. The molecule has 0 bridgehead atoms. The van der Waals surface area contributed by atoms with Gasteiger partial charge in [0.05, 0.1) is 17.3 Å². The quantitative estimate of drug-likeness (QED) is 0.882. The van der Waals surface area contributed by atoms with E-state index in [0.717, 1.165) is 0 Å². The first-order chi connectivity index (χ1) is 7.47. The molecule has 0 radical (unpaired) electrons. The Morgan fingerprint density at radius 1 is 1.56 bits per heavy atom. The number of amides is 1. The van der Waals surface area contributed by atoms with E-state index >= 15 is 0 Å². The zero-order chi connectivity index (χ0) is 12.3. The minimum Gasteiger partial charge on any atom is -0.313 e. The maximum absolute atomic E-state index is 13.4. The molecule has 0 heterocycles. The molecular formula is C11H14ClFN2O. The summed E-state index contributed by atoms with van der Waals surface area (Å²) in [7, 11) is 3.23. The lowest BCUT2D eigenvalue weighted by Gasteiger charge is -2.19. The van der Waals surface area contributed by atoms with Crippen LogP contribution in [0.25, 0.3) is 0 Å². The summed E-state index contributed by atoms with van der Waals surface area (Å²) in [6.45, 7) is 1.81. The minimum atomic E-state index is -0.372. The summed E-state index contributed by atoms with van der Waals surface area (Å²) < 4.78 is 13.4. The average Bonchev–Trinajstić information content (AvgIpc) is 2.23. The monoisotopic (exact) mass is 244 g/mol. The third-order valence-corrected chi connectivity index (χ3v) is 2.59. The molecule has 1 amide bonds. The number of nitrogens with zero attached hydrogens (tertiary/aromatic N) is 1. The molecule has 3 nitrogen and oxygen atoms in total. The summed E-state index contributed by atoms with van der Waals surface area (Å²) in [5.41, 5.74) is 0.841. The molecule has 5 heteroatoms. The molecule has 0 aliphatic rings. The third kappa shape index (κ3) is 2.71. The van der Waals surface area contributed by atoms with Crippen molar-refractivity contribution in [2.75, 3.05) is 25.5 Å². The first kappa shape index (κ1) is 12.9. The molecule has 1 aromatic rings. The second-order valence-electron chi connectivity index (χ2n) is 3.54. The zero-order valence-electron chi connectivity index (χ0n) is 9.47. The van der Waals surface area contributed by atoms with Crippen LogP contribution in [0.1, 0.15) is 5.56 Å². The molecule has 0 atom stereocenters. The molecule has 0 unspecified atom stereocenters. The summed E-state index contributed by atoms with van der Waals surface area (Å²) in [4.78, 5) is 12.9. The van der Waals surface area contributed by atoms with Gasteiger partial charge in [-0.3, -0.25) is 4.79 Å². The Labute approximate surface area is 99.2 Å². The first-order valence-corrected chi connectivity index (χ1v) is 5.22. The standard InChI is InChI=1S/C11H14ClFN2O/c1-7-4-8(12)10(5-9(7)13)15(3)11(16)6-14-2/h4-5,14H,6H2,1-3H3. The fraction of sp³-hybridized carbons (Fsp3) is 0.364. The maximum atomic E-state index is 13.4. The predicted molar refractivity (Wildman–Crippen MR) is 63.5 cm³/mol. The Balaban J connectivity index is 3.04. The lowest BCUT2D eigenvalue weighted by molar-refractivity contribution is -0.117. The predicted octanol–water partition coefficient (Wildman–Crippen LogP) is 1.97. The van der Waals surface area contributed by atoms with Gasteiger partial charge in [0, 0.05) is 7.05 Å². The Morgan fingerprint density at radius 3 is 2.75 bits per heavy atom. The van der Waals surface area contributed by atoms with Crippen molar-refractivity contribution in [1.82, 2.24) is 5.32 Å². The van der Waals surface area contributed by atoms with E-state index < -0.39 is 0 Å². The largest absolute Gasteiger partial charge is 0.313 e. The van der Waals surface area contributed by atoms with Gasteiger partial charge in [-0.1, -0.05) is 11.6 Å². The highest BCUT2D eigenvalue weighted by Gasteiger charge is 2.15. The van der Waals surface area contributed by atoms with Crippen molar-refractivity contribution in [2.45, 2.75) is 6.92 Å². The molecule has 0 spiro atoms. The minimum absolute atomic E-state index is 0.173. The number of likely N-dealkylation sites (N-methyl/N-ethyl adjacent to an activating group) is 2. The van der Waals surface area contributed by atoms with Crippen LogP contribution in [0.15, 0.2) is 12.1 Å². The van der Waals surface area contributed by atoms with Gasteiger partial charge in [-0.2, -0.15) is 0 Å². The number of rotatable bonds is 3. The van der Waals surface area contributed by atoms with E-state index in [0.29, 0.717) is 16.3 Å². The van der Waals surface area contributed by atoms with Crippen molar-refractivity contribution >= 4 is 23.2 Å². The Hall–Kier alpha value is -1.13. The van der Waals surface area contributed by atoms with Crippen LogP contribution in [0.5, 0.6) is 0 Å². The van der Waals surface area contributed by atoms with Crippen LogP contribution in [0.2, 0.25) is 5.02 Å². The van der Waals surface area contributed by atoms with Gasteiger partial charge >= 0.3 is 0 Å². The molecule has 1 rings (SSSR count). The zero-order valence-corrected chi connectivity index (χ0v) is 10.2. The van der Waals surface area contributed by atoms with Gasteiger partial charge in [-0.15, -0.1) is 0 Å². The second-order valence-corrected chi connectivity index (χ2v) is 3.94. The Kier molecular flexibility index (Phi) is 4.26.